The molecule has 9 nitrogen and oxygen atoms in total. The van der Waals surface area contributed by atoms with Crippen LogP contribution in [0.2, 0.25) is 0 Å². The SMILES string of the molecule is COc1cc(O[C@@H]2O[C@@H](C)[C@H](O)[C@@H](O)[C@@H]2O)c2c(c1OC)O[C@@H](c1ccccc1)CC2=O. The Kier molecular flexibility index (Phi) is 6.25. The number of ether oxygens (including phenoxy) is 5. The number of carbonyl (C=O) groups is 1. The predicted molar refractivity (Wildman–Crippen MR) is 111 cm³/mol. The minimum absolute atomic E-state index is 0.0500. The number of rotatable bonds is 5. The number of hydrogen-bond acceptors (Lipinski definition) is 9. The van der Waals surface area contributed by atoms with Crippen molar-refractivity contribution in [3.8, 4) is 23.0 Å². The fourth-order valence-electron chi connectivity index (χ4n) is 3.95. The van der Waals surface area contributed by atoms with Crippen LogP contribution in [0.4, 0.5) is 0 Å². The molecule has 9 heteroatoms. The predicted octanol–water partition coefficient (Wildman–Crippen LogP) is 1.62. The van der Waals surface area contributed by atoms with Crippen LogP contribution < -0.4 is 18.9 Å². The number of ketones is 1. The zero-order valence-corrected chi connectivity index (χ0v) is 17.9. The average Bonchev–Trinajstić information content (AvgIpc) is 2.80. The van der Waals surface area contributed by atoms with Crippen LogP contribution >= 0.6 is 0 Å². The first-order valence-corrected chi connectivity index (χ1v) is 10.3. The zero-order valence-electron chi connectivity index (χ0n) is 17.9. The summed E-state index contributed by atoms with van der Waals surface area (Å²) in [5.74, 6) is 0.439. The van der Waals surface area contributed by atoms with Crippen molar-refractivity contribution in [2.24, 2.45) is 0 Å². The smallest absolute Gasteiger partial charge is 0.229 e. The molecule has 0 aliphatic carbocycles. The molecule has 0 amide bonds. The lowest BCUT2D eigenvalue weighted by molar-refractivity contribution is -0.268. The van der Waals surface area contributed by atoms with Crippen molar-refractivity contribution in [2.45, 2.75) is 50.2 Å². The molecule has 2 aromatic rings. The van der Waals surface area contributed by atoms with Crippen LogP contribution in [0, 0.1) is 0 Å². The highest BCUT2D eigenvalue weighted by Crippen LogP contribution is 2.50. The topological polar surface area (TPSA) is 124 Å². The molecule has 1 saturated heterocycles. The maximum Gasteiger partial charge on any atom is 0.229 e. The third kappa shape index (κ3) is 3.88. The summed E-state index contributed by atoms with van der Waals surface area (Å²) in [5.41, 5.74) is 0.953. The summed E-state index contributed by atoms with van der Waals surface area (Å²) in [6, 6.07) is 10.8. The van der Waals surface area contributed by atoms with Gasteiger partial charge in [-0.1, -0.05) is 30.3 Å². The van der Waals surface area contributed by atoms with Gasteiger partial charge in [0.15, 0.2) is 17.3 Å². The molecule has 0 saturated carbocycles. The Balaban J connectivity index is 1.75. The van der Waals surface area contributed by atoms with Crippen LogP contribution in [0.5, 0.6) is 23.0 Å². The Hall–Kier alpha value is -2.85. The van der Waals surface area contributed by atoms with E-state index < -0.39 is 36.8 Å². The second-order valence-corrected chi connectivity index (χ2v) is 7.76. The lowest BCUT2D eigenvalue weighted by atomic mass is 9.94. The van der Waals surface area contributed by atoms with E-state index in [2.05, 4.69) is 0 Å². The summed E-state index contributed by atoms with van der Waals surface area (Å²) in [4.78, 5) is 13.2. The lowest BCUT2D eigenvalue weighted by Gasteiger charge is -2.39. The van der Waals surface area contributed by atoms with Gasteiger partial charge in [0, 0.05) is 6.07 Å². The first-order chi connectivity index (χ1) is 15.3. The van der Waals surface area contributed by atoms with Gasteiger partial charge in [-0.3, -0.25) is 4.79 Å². The number of aliphatic hydroxyl groups excluding tert-OH is 3. The molecule has 0 radical (unpaired) electrons. The van der Waals surface area contributed by atoms with Crippen LogP contribution in [0.25, 0.3) is 0 Å². The summed E-state index contributed by atoms with van der Waals surface area (Å²) in [6.45, 7) is 1.54. The van der Waals surface area contributed by atoms with Gasteiger partial charge in [0.2, 0.25) is 12.0 Å². The fraction of sp³-hybridized carbons (Fsp3) is 0.435. The molecular formula is C23H26O9. The van der Waals surface area contributed by atoms with Crippen LogP contribution in [0.3, 0.4) is 0 Å². The van der Waals surface area contributed by atoms with Crippen molar-refractivity contribution in [2.75, 3.05) is 14.2 Å². The number of benzene rings is 2. The molecule has 2 aromatic carbocycles. The average molecular weight is 446 g/mol. The van der Waals surface area contributed by atoms with E-state index in [0.29, 0.717) is 0 Å². The van der Waals surface area contributed by atoms with Gasteiger partial charge < -0.3 is 39.0 Å². The highest BCUT2D eigenvalue weighted by atomic mass is 16.7. The van der Waals surface area contributed by atoms with E-state index in [1.165, 1.54) is 20.3 Å². The Morgan fingerprint density at radius 2 is 1.69 bits per heavy atom. The summed E-state index contributed by atoms with van der Waals surface area (Å²) < 4.78 is 28.4. The Labute approximate surface area is 185 Å². The summed E-state index contributed by atoms with van der Waals surface area (Å²) in [5, 5.41) is 30.4. The molecular weight excluding hydrogens is 420 g/mol. The van der Waals surface area contributed by atoms with Crippen LogP contribution in [-0.2, 0) is 4.74 Å². The van der Waals surface area contributed by atoms with Crippen molar-refractivity contribution in [3.05, 3.63) is 47.5 Å². The lowest BCUT2D eigenvalue weighted by Crippen LogP contribution is -2.58. The van der Waals surface area contributed by atoms with Crippen molar-refractivity contribution >= 4 is 5.78 Å². The van der Waals surface area contributed by atoms with Gasteiger partial charge in [0.25, 0.3) is 0 Å². The Morgan fingerprint density at radius 1 is 0.969 bits per heavy atom. The second kappa shape index (κ2) is 8.95. The summed E-state index contributed by atoms with van der Waals surface area (Å²) >= 11 is 0. The van der Waals surface area contributed by atoms with E-state index in [4.69, 9.17) is 23.7 Å². The number of methoxy groups -OCH3 is 2. The van der Waals surface area contributed by atoms with E-state index in [1.54, 1.807) is 6.92 Å². The van der Waals surface area contributed by atoms with Crippen molar-refractivity contribution in [1.82, 2.24) is 0 Å². The molecule has 0 unspecified atom stereocenters. The molecule has 2 aliphatic rings. The molecule has 2 aliphatic heterocycles. The largest absolute Gasteiger partial charge is 0.493 e. The van der Waals surface area contributed by atoms with Gasteiger partial charge in [-0.05, 0) is 12.5 Å². The van der Waals surface area contributed by atoms with Crippen LogP contribution in [-0.4, -0.2) is 66.0 Å². The first kappa shape index (κ1) is 22.3. The minimum atomic E-state index is -1.54. The van der Waals surface area contributed by atoms with E-state index in [-0.39, 0.29) is 40.8 Å². The van der Waals surface area contributed by atoms with Gasteiger partial charge in [-0.15, -0.1) is 0 Å². The Bertz CT molecular complexity index is 977. The van der Waals surface area contributed by atoms with E-state index in [1.807, 2.05) is 30.3 Å². The maximum absolute atomic E-state index is 13.2. The fourth-order valence-corrected chi connectivity index (χ4v) is 3.95. The van der Waals surface area contributed by atoms with Gasteiger partial charge >= 0.3 is 0 Å². The van der Waals surface area contributed by atoms with Crippen LogP contribution in [0.1, 0.15) is 35.4 Å². The summed E-state index contributed by atoms with van der Waals surface area (Å²) in [6.07, 6.45) is -6.89. The van der Waals surface area contributed by atoms with Crippen molar-refractivity contribution in [3.63, 3.8) is 0 Å². The maximum atomic E-state index is 13.2. The number of Topliss-reactive ketones (excluding diaryl/α,β-unsaturated/α-hetero) is 1. The number of aliphatic hydroxyl groups is 3. The zero-order chi connectivity index (χ0) is 23.0. The van der Waals surface area contributed by atoms with E-state index in [9.17, 15) is 20.1 Å². The van der Waals surface area contributed by atoms with Gasteiger partial charge in [-0.2, -0.15) is 0 Å². The quantitative estimate of drug-likeness (QED) is 0.628. The molecule has 1 fully saturated rings. The molecule has 0 spiro atoms. The monoisotopic (exact) mass is 446 g/mol. The molecule has 2 heterocycles. The van der Waals surface area contributed by atoms with Gasteiger partial charge in [0.05, 0.1) is 26.7 Å². The number of carbonyl (C=O) groups excluding carboxylic acids is 1. The molecule has 6 atom stereocenters. The van der Waals surface area contributed by atoms with Crippen molar-refractivity contribution in [1.29, 1.82) is 0 Å². The molecule has 3 N–H and O–H groups in total. The minimum Gasteiger partial charge on any atom is -0.493 e. The molecule has 0 bridgehead atoms. The number of hydrogen-bond donors (Lipinski definition) is 3. The second-order valence-electron chi connectivity index (χ2n) is 7.76. The van der Waals surface area contributed by atoms with Crippen LogP contribution in [0.15, 0.2) is 36.4 Å². The Morgan fingerprint density at radius 3 is 2.34 bits per heavy atom. The standard InChI is InChI=1S/C23H26O9/c1-11-18(25)19(26)20(27)23(30-11)32-15-10-16(28-2)21(29-3)22-17(15)13(24)9-14(31-22)12-7-5-4-6-8-12/h4-8,10-11,14,18-20,23,25-27H,9H2,1-3H3/t11-,14+,18-,19+,20-,23-/m0/s1. The van der Waals surface area contributed by atoms with Gasteiger partial charge in [0.1, 0.15) is 35.7 Å². The highest BCUT2D eigenvalue weighted by Gasteiger charge is 2.44. The number of fused-ring (bicyclic) bond motifs is 1. The van der Waals surface area contributed by atoms with E-state index >= 15 is 0 Å². The van der Waals surface area contributed by atoms with Crippen molar-refractivity contribution < 1.29 is 43.8 Å². The molecule has 0 aromatic heterocycles. The molecule has 172 valence electrons. The molecule has 4 rings (SSSR count). The highest BCUT2D eigenvalue weighted by molar-refractivity contribution is 6.04. The third-order valence-corrected chi connectivity index (χ3v) is 5.72. The summed E-state index contributed by atoms with van der Waals surface area (Å²) in [7, 11) is 2.87. The third-order valence-electron chi connectivity index (χ3n) is 5.72. The van der Waals surface area contributed by atoms with E-state index in [0.717, 1.165) is 5.56 Å². The van der Waals surface area contributed by atoms with Gasteiger partial charge in [-0.25, -0.2) is 0 Å². The first-order valence-electron chi connectivity index (χ1n) is 10.3. The normalized spacial score (nSPS) is 29.6. The molecule has 32 heavy (non-hydrogen) atoms.